The Kier molecular flexibility index (Phi) is 3.76. The molecular formula is C16H17Cl2NO4. The van der Waals surface area contributed by atoms with E-state index in [-0.39, 0.29) is 6.54 Å². The highest BCUT2D eigenvalue weighted by atomic mass is 35.5. The summed E-state index contributed by atoms with van der Waals surface area (Å²) >= 11 is 12.0. The third kappa shape index (κ3) is 2.88. The quantitative estimate of drug-likeness (QED) is 0.718. The Morgan fingerprint density at radius 1 is 1.35 bits per heavy atom. The summed E-state index contributed by atoms with van der Waals surface area (Å²) in [6, 6.07) is 4.48. The van der Waals surface area contributed by atoms with Crippen molar-refractivity contribution in [3.63, 3.8) is 0 Å². The molecule has 0 aromatic heterocycles. The zero-order valence-electron chi connectivity index (χ0n) is 13.1. The highest BCUT2D eigenvalue weighted by Crippen LogP contribution is 2.47. The number of rotatable bonds is 1. The van der Waals surface area contributed by atoms with E-state index < -0.39 is 29.3 Å². The topological polar surface area (TPSA) is 55.8 Å². The first-order chi connectivity index (χ1) is 10.6. The average molecular weight is 358 g/mol. The molecule has 2 heterocycles. The third-order valence-corrected chi connectivity index (χ3v) is 4.71. The first kappa shape index (κ1) is 16.4. The molecule has 2 atom stereocenters. The molecule has 0 radical (unpaired) electrons. The summed E-state index contributed by atoms with van der Waals surface area (Å²) in [7, 11) is 0. The van der Waals surface area contributed by atoms with Crippen LogP contribution in [-0.2, 0) is 19.9 Å². The highest BCUT2D eigenvalue weighted by Gasteiger charge is 2.60. The van der Waals surface area contributed by atoms with Gasteiger partial charge < -0.3 is 9.47 Å². The van der Waals surface area contributed by atoms with E-state index in [9.17, 15) is 9.59 Å². The minimum atomic E-state index is -0.882. The van der Waals surface area contributed by atoms with Crippen LogP contribution in [0.1, 0.15) is 32.8 Å². The molecular weight excluding hydrogens is 341 g/mol. The lowest BCUT2D eigenvalue weighted by Crippen LogP contribution is -2.48. The lowest BCUT2D eigenvalue weighted by molar-refractivity contribution is -0.160. The first-order valence-electron chi connectivity index (χ1n) is 7.29. The van der Waals surface area contributed by atoms with Crippen molar-refractivity contribution < 1.29 is 19.1 Å². The van der Waals surface area contributed by atoms with Crippen LogP contribution in [0.4, 0.5) is 4.79 Å². The number of nitrogens with zero attached hydrogens (tertiary/aromatic N) is 1. The molecule has 1 amide bonds. The van der Waals surface area contributed by atoms with Gasteiger partial charge in [-0.05, 0) is 38.5 Å². The van der Waals surface area contributed by atoms with Crippen LogP contribution in [0.15, 0.2) is 18.2 Å². The van der Waals surface area contributed by atoms with Crippen molar-refractivity contribution in [3.05, 3.63) is 33.8 Å². The van der Waals surface area contributed by atoms with Gasteiger partial charge >= 0.3 is 12.1 Å². The van der Waals surface area contributed by atoms with E-state index in [1.165, 1.54) is 4.90 Å². The maximum Gasteiger partial charge on any atom is 0.411 e. The first-order valence-corrected chi connectivity index (χ1v) is 8.05. The Bertz CT molecular complexity index is 685. The van der Waals surface area contributed by atoms with Crippen LogP contribution >= 0.6 is 23.2 Å². The van der Waals surface area contributed by atoms with E-state index in [0.29, 0.717) is 16.5 Å². The number of carbonyl (C=O) groups is 2. The van der Waals surface area contributed by atoms with Crippen molar-refractivity contribution >= 4 is 35.3 Å². The Balaban J connectivity index is 1.89. The van der Waals surface area contributed by atoms with Gasteiger partial charge in [0.25, 0.3) is 0 Å². The van der Waals surface area contributed by atoms with E-state index in [0.717, 1.165) is 5.56 Å². The van der Waals surface area contributed by atoms with Gasteiger partial charge in [0, 0.05) is 6.42 Å². The molecule has 2 bridgehead atoms. The number of halogens is 2. The molecule has 2 aliphatic rings. The molecule has 2 aliphatic heterocycles. The van der Waals surface area contributed by atoms with Gasteiger partial charge in [-0.15, -0.1) is 0 Å². The molecule has 3 rings (SSSR count). The van der Waals surface area contributed by atoms with Crippen LogP contribution < -0.4 is 0 Å². The molecule has 0 aliphatic carbocycles. The minimum absolute atomic E-state index is 0.246. The summed E-state index contributed by atoms with van der Waals surface area (Å²) in [6.45, 7) is 5.60. The van der Waals surface area contributed by atoms with E-state index in [1.54, 1.807) is 39.0 Å². The molecule has 0 spiro atoms. The maximum atomic E-state index is 12.3. The van der Waals surface area contributed by atoms with Crippen LogP contribution in [0, 0.1) is 0 Å². The minimum Gasteiger partial charge on any atom is -0.451 e. The fourth-order valence-corrected chi connectivity index (χ4v) is 3.28. The van der Waals surface area contributed by atoms with Crippen LogP contribution in [0.2, 0.25) is 10.0 Å². The zero-order valence-corrected chi connectivity index (χ0v) is 14.6. The number of fused-ring (bicyclic) bond motifs is 2. The van der Waals surface area contributed by atoms with Crippen molar-refractivity contribution in [1.82, 2.24) is 4.90 Å². The second kappa shape index (κ2) is 5.28. The number of carbonyl (C=O) groups excluding carboxylic acids is 2. The summed E-state index contributed by atoms with van der Waals surface area (Å²) in [5.41, 5.74) is -0.777. The fraction of sp³-hybridized carbons (Fsp3) is 0.500. The molecule has 2 fully saturated rings. The summed E-state index contributed by atoms with van der Waals surface area (Å²) in [4.78, 5) is 25.9. The van der Waals surface area contributed by atoms with Crippen molar-refractivity contribution in [2.75, 3.05) is 6.54 Å². The predicted octanol–water partition coefficient (Wildman–Crippen LogP) is 3.75. The Labute approximate surface area is 144 Å². The molecule has 0 unspecified atom stereocenters. The van der Waals surface area contributed by atoms with Gasteiger partial charge in [0.05, 0.1) is 16.6 Å². The number of hydrogen-bond donors (Lipinski definition) is 0. The van der Waals surface area contributed by atoms with Gasteiger partial charge in [-0.25, -0.2) is 9.59 Å². The summed E-state index contributed by atoms with van der Waals surface area (Å²) < 4.78 is 10.9. The largest absolute Gasteiger partial charge is 0.451 e. The van der Waals surface area contributed by atoms with Gasteiger partial charge in [-0.2, -0.15) is 0 Å². The highest BCUT2D eigenvalue weighted by molar-refractivity contribution is 6.42. The second-order valence-corrected chi connectivity index (χ2v) is 7.69. The standard InChI is InChI=1S/C16H17Cl2NO4/c1-15(2,3)23-14(21)19-8-16(7-12(19)13(20)22-16)9-4-5-10(17)11(18)6-9/h4-6,12H,7-8H2,1-3H3/t12-,16-/m1/s1. The third-order valence-electron chi connectivity index (χ3n) is 3.97. The maximum absolute atomic E-state index is 12.3. The van der Waals surface area contributed by atoms with Crippen molar-refractivity contribution in [1.29, 1.82) is 0 Å². The van der Waals surface area contributed by atoms with E-state index in [1.807, 2.05) is 0 Å². The molecule has 7 heteroatoms. The zero-order chi connectivity index (χ0) is 17.0. The Morgan fingerprint density at radius 2 is 2.04 bits per heavy atom. The van der Waals surface area contributed by atoms with E-state index in [4.69, 9.17) is 32.7 Å². The van der Waals surface area contributed by atoms with Gasteiger partial charge in [0.2, 0.25) is 0 Å². The van der Waals surface area contributed by atoms with Crippen molar-refractivity contribution in [2.45, 2.75) is 44.4 Å². The molecule has 23 heavy (non-hydrogen) atoms. The lowest BCUT2D eigenvalue weighted by Gasteiger charge is -2.33. The molecule has 0 saturated carbocycles. The average Bonchev–Trinajstić information content (AvgIpc) is 2.95. The van der Waals surface area contributed by atoms with E-state index in [2.05, 4.69) is 0 Å². The van der Waals surface area contributed by atoms with Crippen LogP contribution in [-0.4, -0.2) is 35.2 Å². The molecule has 2 saturated heterocycles. The van der Waals surface area contributed by atoms with Crippen molar-refractivity contribution in [2.24, 2.45) is 0 Å². The van der Waals surface area contributed by atoms with Gasteiger partial charge in [0.1, 0.15) is 11.6 Å². The predicted molar refractivity (Wildman–Crippen MR) is 85.6 cm³/mol. The monoisotopic (exact) mass is 357 g/mol. The number of hydrogen-bond acceptors (Lipinski definition) is 4. The smallest absolute Gasteiger partial charge is 0.411 e. The van der Waals surface area contributed by atoms with Crippen LogP contribution in [0.5, 0.6) is 0 Å². The number of likely N-dealkylation sites (tertiary alicyclic amines) is 1. The molecule has 0 N–H and O–H groups in total. The molecule has 1 aromatic carbocycles. The van der Waals surface area contributed by atoms with E-state index >= 15 is 0 Å². The molecule has 124 valence electrons. The van der Waals surface area contributed by atoms with Crippen LogP contribution in [0.25, 0.3) is 0 Å². The summed E-state index contributed by atoms with van der Waals surface area (Å²) in [5, 5.41) is 0.809. The Morgan fingerprint density at radius 3 is 2.65 bits per heavy atom. The number of esters is 1. The summed E-state index contributed by atoms with van der Waals surface area (Å²) in [5.74, 6) is -0.423. The number of amides is 1. The van der Waals surface area contributed by atoms with Crippen molar-refractivity contribution in [3.8, 4) is 0 Å². The number of benzene rings is 1. The van der Waals surface area contributed by atoms with Gasteiger partial charge in [-0.3, -0.25) is 4.90 Å². The number of ether oxygens (including phenoxy) is 2. The number of morpholine rings is 1. The lowest BCUT2D eigenvalue weighted by atomic mass is 9.93. The molecule has 5 nitrogen and oxygen atoms in total. The van der Waals surface area contributed by atoms with Crippen LogP contribution in [0.3, 0.4) is 0 Å². The molecule has 1 aromatic rings. The normalized spacial score (nSPS) is 26.4. The second-order valence-electron chi connectivity index (χ2n) is 6.87. The van der Waals surface area contributed by atoms with Gasteiger partial charge in [0.15, 0.2) is 5.60 Å². The van der Waals surface area contributed by atoms with Gasteiger partial charge in [-0.1, -0.05) is 29.3 Å². The Hall–Kier alpha value is -1.46. The summed E-state index contributed by atoms with van der Waals surface area (Å²) in [6.07, 6.45) is -0.121. The SMILES string of the molecule is CC(C)(C)OC(=O)N1C[C@@]2(c3ccc(Cl)c(Cl)c3)C[C@@H]1C(=O)O2. The fourth-order valence-electron chi connectivity index (χ4n) is 2.98.